The Kier molecular flexibility index (Phi) is 5.78. The summed E-state index contributed by atoms with van der Waals surface area (Å²) in [5.41, 5.74) is 0.769. The molecule has 1 amide bonds. The van der Waals surface area contributed by atoms with E-state index >= 15 is 0 Å². The number of anilines is 1. The van der Waals surface area contributed by atoms with Crippen molar-refractivity contribution in [3.05, 3.63) is 22.8 Å². The van der Waals surface area contributed by atoms with Crippen LogP contribution in [0.5, 0.6) is 0 Å². The van der Waals surface area contributed by atoms with Crippen LogP contribution in [0, 0.1) is 0 Å². The first-order valence-electron chi connectivity index (χ1n) is 7.08. The number of aromatic nitrogens is 1. The molecule has 7 heteroatoms. The molecule has 1 aromatic heterocycles. The smallest absolute Gasteiger partial charge is 0.239 e. The molecule has 2 heterocycles. The van der Waals surface area contributed by atoms with E-state index < -0.39 is 0 Å². The average molecular weight is 313 g/mol. The van der Waals surface area contributed by atoms with Crippen molar-refractivity contribution >= 4 is 23.3 Å². The molecule has 0 saturated carbocycles. The standard InChI is InChI=1S/C14H21ClN4O2/c1-3-17-13-5-4-10(15)11(18-13)8-19-6-7-21-9-12(19)14(20)16-2/h4-5,12H,3,6-9H2,1-2H3,(H,16,20)(H,17,18). The molecule has 1 atom stereocenters. The lowest BCUT2D eigenvalue weighted by atomic mass is 10.2. The van der Waals surface area contributed by atoms with Crippen molar-refractivity contribution in [2.45, 2.75) is 19.5 Å². The van der Waals surface area contributed by atoms with Crippen molar-refractivity contribution in [1.29, 1.82) is 0 Å². The fourth-order valence-electron chi connectivity index (χ4n) is 2.30. The summed E-state index contributed by atoms with van der Waals surface area (Å²) in [5.74, 6) is 0.746. The lowest BCUT2D eigenvalue weighted by Gasteiger charge is -2.34. The highest BCUT2D eigenvalue weighted by molar-refractivity contribution is 6.31. The molecule has 1 aliphatic rings. The predicted molar refractivity (Wildman–Crippen MR) is 82.5 cm³/mol. The molecule has 1 aromatic rings. The molecule has 116 valence electrons. The van der Waals surface area contributed by atoms with Gasteiger partial charge in [-0.2, -0.15) is 0 Å². The largest absolute Gasteiger partial charge is 0.378 e. The zero-order valence-corrected chi connectivity index (χ0v) is 13.1. The Labute approximate surface area is 129 Å². The van der Waals surface area contributed by atoms with Crippen LogP contribution in [0.3, 0.4) is 0 Å². The number of nitrogens with one attached hydrogen (secondary N) is 2. The van der Waals surface area contributed by atoms with Gasteiger partial charge in [-0.15, -0.1) is 0 Å². The Morgan fingerprint density at radius 1 is 1.57 bits per heavy atom. The third kappa shape index (κ3) is 4.06. The fraction of sp³-hybridized carbons (Fsp3) is 0.571. The average Bonchev–Trinajstić information content (AvgIpc) is 2.50. The molecule has 6 nitrogen and oxygen atoms in total. The van der Waals surface area contributed by atoms with Crippen LogP contribution in [0.4, 0.5) is 5.82 Å². The van der Waals surface area contributed by atoms with Crippen LogP contribution in [0.15, 0.2) is 12.1 Å². The zero-order valence-electron chi connectivity index (χ0n) is 12.4. The molecule has 2 N–H and O–H groups in total. The van der Waals surface area contributed by atoms with Crippen molar-refractivity contribution in [3.63, 3.8) is 0 Å². The Bertz CT molecular complexity index is 498. The maximum atomic E-state index is 11.9. The highest BCUT2D eigenvalue weighted by Gasteiger charge is 2.29. The number of likely N-dealkylation sites (N-methyl/N-ethyl adjacent to an activating group) is 1. The summed E-state index contributed by atoms with van der Waals surface area (Å²) in [6, 6.07) is 3.38. The number of pyridine rings is 1. The molecule has 2 rings (SSSR count). The Balaban J connectivity index is 2.14. The summed E-state index contributed by atoms with van der Waals surface area (Å²) in [4.78, 5) is 18.5. The van der Waals surface area contributed by atoms with E-state index in [2.05, 4.69) is 15.6 Å². The van der Waals surface area contributed by atoms with Crippen LogP contribution < -0.4 is 10.6 Å². The van der Waals surface area contributed by atoms with E-state index in [-0.39, 0.29) is 11.9 Å². The minimum absolute atomic E-state index is 0.0475. The van der Waals surface area contributed by atoms with E-state index in [9.17, 15) is 4.79 Å². The van der Waals surface area contributed by atoms with Crippen LogP contribution in [0.1, 0.15) is 12.6 Å². The van der Waals surface area contributed by atoms with Gasteiger partial charge in [0.15, 0.2) is 0 Å². The van der Waals surface area contributed by atoms with Crippen LogP contribution in [0.25, 0.3) is 0 Å². The number of hydrogen-bond acceptors (Lipinski definition) is 5. The topological polar surface area (TPSA) is 66.5 Å². The summed E-state index contributed by atoms with van der Waals surface area (Å²) in [7, 11) is 1.63. The molecule has 0 bridgehead atoms. The molecule has 0 aromatic carbocycles. The van der Waals surface area contributed by atoms with Crippen LogP contribution in [-0.2, 0) is 16.1 Å². The van der Waals surface area contributed by atoms with Gasteiger partial charge in [-0.3, -0.25) is 9.69 Å². The number of hydrogen-bond donors (Lipinski definition) is 2. The molecule has 0 spiro atoms. The number of ether oxygens (including phenoxy) is 1. The molecule has 21 heavy (non-hydrogen) atoms. The van der Waals surface area contributed by atoms with Gasteiger partial charge < -0.3 is 15.4 Å². The van der Waals surface area contributed by atoms with Gasteiger partial charge in [0, 0.05) is 26.7 Å². The number of halogens is 1. The summed E-state index contributed by atoms with van der Waals surface area (Å²) >= 11 is 6.23. The van der Waals surface area contributed by atoms with Gasteiger partial charge >= 0.3 is 0 Å². The van der Waals surface area contributed by atoms with Gasteiger partial charge in [0.05, 0.1) is 23.9 Å². The highest BCUT2D eigenvalue weighted by atomic mass is 35.5. The molecule has 0 radical (unpaired) electrons. The number of nitrogens with zero attached hydrogens (tertiary/aromatic N) is 2. The molecule has 1 saturated heterocycles. The third-order valence-corrected chi connectivity index (χ3v) is 3.76. The Hall–Kier alpha value is -1.37. The van der Waals surface area contributed by atoms with Gasteiger partial charge in [-0.25, -0.2) is 4.98 Å². The summed E-state index contributed by atoms with van der Waals surface area (Å²) in [5, 5.41) is 6.45. The number of morpholine rings is 1. The number of carbonyl (C=O) groups excluding carboxylic acids is 1. The van der Waals surface area contributed by atoms with E-state index in [1.807, 2.05) is 24.0 Å². The normalized spacial score (nSPS) is 19.3. The maximum absolute atomic E-state index is 11.9. The summed E-state index contributed by atoms with van der Waals surface area (Å²) < 4.78 is 5.40. The first-order chi connectivity index (χ1) is 10.2. The quantitative estimate of drug-likeness (QED) is 0.853. The van der Waals surface area contributed by atoms with Crippen LogP contribution in [0.2, 0.25) is 5.02 Å². The molecule has 1 aliphatic heterocycles. The summed E-state index contributed by atoms with van der Waals surface area (Å²) in [6.45, 7) is 5.02. The Morgan fingerprint density at radius 3 is 3.10 bits per heavy atom. The maximum Gasteiger partial charge on any atom is 0.239 e. The monoisotopic (exact) mass is 312 g/mol. The fourth-order valence-corrected chi connectivity index (χ4v) is 2.47. The molecule has 1 unspecified atom stereocenters. The second-order valence-electron chi connectivity index (χ2n) is 4.83. The predicted octanol–water partition coefficient (Wildman–Crippen LogP) is 1.11. The van der Waals surface area contributed by atoms with Crippen molar-refractivity contribution in [3.8, 4) is 0 Å². The van der Waals surface area contributed by atoms with Gasteiger partial charge in [-0.05, 0) is 19.1 Å². The van der Waals surface area contributed by atoms with Gasteiger partial charge in [-0.1, -0.05) is 11.6 Å². The second kappa shape index (κ2) is 7.59. The molecular formula is C14H21ClN4O2. The van der Waals surface area contributed by atoms with Crippen LogP contribution >= 0.6 is 11.6 Å². The van der Waals surface area contributed by atoms with E-state index in [4.69, 9.17) is 16.3 Å². The van der Waals surface area contributed by atoms with E-state index in [1.54, 1.807) is 7.05 Å². The zero-order chi connectivity index (χ0) is 15.2. The summed E-state index contributed by atoms with van der Waals surface area (Å²) in [6.07, 6.45) is 0. The number of amides is 1. The van der Waals surface area contributed by atoms with Crippen molar-refractivity contribution in [2.24, 2.45) is 0 Å². The third-order valence-electron chi connectivity index (χ3n) is 3.42. The van der Waals surface area contributed by atoms with E-state index in [0.29, 0.717) is 31.3 Å². The Morgan fingerprint density at radius 2 is 2.38 bits per heavy atom. The van der Waals surface area contributed by atoms with Crippen LogP contribution in [-0.4, -0.2) is 55.2 Å². The second-order valence-corrected chi connectivity index (χ2v) is 5.24. The van der Waals surface area contributed by atoms with E-state index in [0.717, 1.165) is 18.1 Å². The number of rotatable bonds is 5. The van der Waals surface area contributed by atoms with E-state index in [1.165, 1.54) is 0 Å². The van der Waals surface area contributed by atoms with Gasteiger partial charge in [0.25, 0.3) is 0 Å². The minimum Gasteiger partial charge on any atom is -0.378 e. The van der Waals surface area contributed by atoms with Gasteiger partial charge in [0.1, 0.15) is 11.9 Å². The molecular weight excluding hydrogens is 292 g/mol. The SMILES string of the molecule is CCNc1ccc(Cl)c(CN2CCOCC2C(=O)NC)n1. The van der Waals surface area contributed by atoms with Crippen molar-refractivity contribution < 1.29 is 9.53 Å². The molecule has 0 aliphatic carbocycles. The lowest BCUT2D eigenvalue weighted by molar-refractivity contribution is -0.132. The van der Waals surface area contributed by atoms with Gasteiger partial charge in [0.2, 0.25) is 5.91 Å². The first-order valence-corrected chi connectivity index (χ1v) is 7.46. The van der Waals surface area contributed by atoms with Crippen molar-refractivity contribution in [2.75, 3.05) is 38.7 Å². The molecule has 1 fully saturated rings. The number of carbonyl (C=O) groups is 1. The highest BCUT2D eigenvalue weighted by Crippen LogP contribution is 2.20. The first kappa shape index (κ1) is 16.0. The van der Waals surface area contributed by atoms with Crippen molar-refractivity contribution in [1.82, 2.24) is 15.2 Å². The minimum atomic E-state index is -0.301. The lowest BCUT2D eigenvalue weighted by Crippen LogP contribution is -2.52.